The van der Waals surface area contributed by atoms with Gasteiger partial charge in [0.25, 0.3) is 11.5 Å². The SMILES string of the molecule is O=C(NCC1(O)CCCCCC1)c1cc2c([nH]c1=O)CCCC2. The lowest BCUT2D eigenvalue weighted by Crippen LogP contribution is -2.43. The highest BCUT2D eigenvalue weighted by Crippen LogP contribution is 2.26. The molecule has 2 aliphatic rings. The molecule has 1 aromatic heterocycles. The van der Waals surface area contributed by atoms with E-state index in [1.807, 2.05) is 0 Å². The minimum absolute atomic E-state index is 0.169. The number of H-pyrrole nitrogens is 1. The fourth-order valence-electron chi connectivity index (χ4n) is 3.75. The zero-order chi connectivity index (χ0) is 16.3. The zero-order valence-corrected chi connectivity index (χ0v) is 13.6. The van der Waals surface area contributed by atoms with Gasteiger partial charge in [0.2, 0.25) is 0 Å². The molecule has 3 rings (SSSR count). The van der Waals surface area contributed by atoms with Gasteiger partial charge in [0.05, 0.1) is 5.60 Å². The number of aliphatic hydroxyl groups is 1. The van der Waals surface area contributed by atoms with E-state index in [1.54, 1.807) is 6.07 Å². The van der Waals surface area contributed by atoms with Gasteiger partial charge in [0.15, 0.2) is 0 Å². The molecule has 23 heavy (non-hydrogen) atoms. The molecule has 2 aliphatic carbocycles. The summed E-state index contributed by atoms with van der Waals surface area (Å²) in [5.74, 6) is -0.378. The second-order valence-corrected chi connectivity index (χ2v) is 7.04. The summed E-state index contributed by atoms with van der Waals surface area (Å²) in [6.07, 6.45) is 9.67. The van der Waals surface area contributed by atoms with Crippen molar-refractivity contribution in [1.82, 2.24) is 10.3 Å². The predicted molar refractivity (Wildman–Crippen MR) is 88.7 cm³/mol. The lowest BCUT2D eigenvalue weighted by molar-refractivity contribution is 0.0246. The number of hydrogen-bond acceptors (Lipinski definition) is 3. The van der Waals surface area contributed by atoms with E-state index in [9.17, 15) is 14.7 Å². The number of aryl methyl sites for hydroxylation is 2. The number of nitrogens with one attached hydrogen (secondary N) is 2. The molecule has 3 N–H and O–H groups in total. The first kappa shape index (κ1) is 16.2. The Labute approximate surface area is 136 Å². The molecule has 126 valence electrons. The Morgan fingerprint density at radius 1 is 1.13 bits per heavy atom. The molecule has 1 saturated carbocycles. The van der Waals surface area contributed by atoms with Crippen LogP contribution in [0.15, 0.2) is 10.9 Å². The highest BCUT2D eigenvalue weighted by molar-refractivity contribution is 5.94. The van der Waals surface area contributed by atoms with Crippen LogP contribution in [0.25, 0.3) is 0 Å². The van der Waals surface area contributed by atoms with Gasteiger partial charge in [0.1, 0.15) is 5.56 Å². The van der Waals surface area contributed by atoms with Crippen LogP contribution in [0, 0.1) is 0 Å². The number of rotatable bonds is 3. The molecular formula is C18H26N2O3. The monoisotopic (exact) mass is 318 g/mol. The summed E-state index contributed by atoms with van der Waals surface area (Å²) >= 11 is 0. The molecule has 0 spiro atoms. The summed E-state index contributed by atoms with van der Waals surface area (Å²) in [6, 6.07) is 1.74. The van der Waals surface area contributed by atoms with Crippen LogP contribution in [0.2, 0.25) is 0 Å². The average molecular weight is 318 g/mol. The van der Waals surface area contributed by atoms with Crippen LogP contribution < -0.4 is 10.9 Å². The molecule has 0 saturated heterocycles. The number of fused-ring (bicyclic) bond motifs is 1. The number of carbonyl (C=O) groups is 1. The summed E-state index contributed by atoms with van der Waals surface area (Å²) in [6.45, 7) is 0.225. The Hall–Kier alpha value is -1.62. The van der Waals surface area contributed by atoms with Crippen molar-refractivity contribution in [2.75, 3.05) is 6.54 Å². The maximum Gasteiger partial charge on any atom is 0.261 e. The molecule has 5 nitrogen and oxygen atoms in total. The first-order valence-corrected chi connectivity index (χ1v) is 8.83. The second-order valence-electron chi connectivity index (χ2n) is 7.04. The van der Waals surface area contributed by atoms with Gasteiger partial charge < -0.3 is 15.4 Å². The van der Waals surface area contributed by atoms with Gasteiger partial charge in [0, 0.05) is 12.2 Å². The van der Waals surface area contributed by atoms with E-state index in [0.29, 0.717) is 12.8 Å². The number of hydrogen-bond donors (Lipinski definition) is 3. The van der Waals surface area contributed by atoms with Crippen LogP contribution in [0.4, 0.5) is 0 Å². The van der Waals surface area contributed by atoms with E-state index in [2.05, 4.69) is 10.3 Å². The van der Waals surface area contributed by atoms with Crippen LogP contribution in [0.1, 0.15) is 73.0 Å². The van der Waals surface area contributed by atoms with Crippen LogP contribution in [0.5, 0.6) is 0 Å². The van der Waals surface area contributed by atoms with Crippen LogP contribution in [-0.2, 0) is 12.8 Å². The minimum atomic E-state index is -0.826. The summed E-state index contributed by atoms with van der Waals surface area (Å²) in [5, 5.41) is 13.4. The van der Waals surface area contributed by atoms with Gasteiger partial charge in [-0.3, -0.25) is 9.59 Å². The van der Waals surface area contributed by atoms with Crippen molar-refractivity contribution in [2.45, 2.75) is 69.8 Å². The van der Waals surface area contributed by atoms with Crippen molar-refractivity contribution >= 4 is 5.91 Å². The topological polar surface area (TPSA) is 82.2 Å². The van der Waals surface area contributed by atoms with E-state index in [0.717, 1.165) is 62.6 Å². The molecule has 0 unspecified atom stereocenters. The van der Waals surface area contributed by atoms with Crippen molar-refractivity contribution in [2.24, 2.45) is 0 Å². The van der Waals surface area contributed by atoms with Crippen molar-refractivity contribution in [3.63, 3.8) is 0 Å². The molecule has 0 radical (unpaired) electrons. The molecule has 0 bridgehead atoms. The minimum Gasteiger partial charge on any atom is -0.388 e. The van der Waals surface area contributed by atoms with Gasteiger partial charge in [-0.1, -0.05) is 25.7 Å². The molecule has 0 aliphatic heterocycles. The number of aromatic nitrogens is 1. The molecule has 1 heterocycles. The molecule has 1 fully saturated rings. The molecule has 0 aromatic carbocycles. The molecule has 5 heteroatoms. The van der Waals surface area contributed by atoms with Gasteiger partial charge in [-0.25, -0.2) is 0 Å². The Kier molecular flexibility index (Phi) is 4.85. The molecule has 1 aromatic rings. The van der Waals surface area contributed by atoms with Crippen molar-refractivity contribution < 1.29 is 9.90 Å². The largest absolute Gasteiger partial charge is 0.388 e. The summed E-state index contributed by atoms with van der Waals surface area (Å²) in [5.41, 5.74) is 1.07. The number of amides is 1. The Balaban J connectivity index is 1.69. The van der Waals surface area contributed by atoms with Crippen molar-refractivity contribution in [3.8, 4) is 0 Å². The normalized spacial score (nSPS) is 20.4. The number of aromatic amines is 1. The van der Waals surface area contributed by atoms with E-state index in [4.69, 9.17) is 0 Å². The third-order valence-electron chi connectivity index (χ3n) is 5.20. The van der Waals surface area contributed by atoms with E-state index >= 15 is 0 Å². The van der Waals surface area contributed by atoms with Crippen LogP contribution >= 0.6 is 0 Å². The first-order chi connectivity index (χ1) is 11.1. The lowest BCUT2D eigenvalue weighted by atomic mass is 9.93. The number of pyridine rings is 1. The molecule has 1 amide bonds. The highest BCUT2D eigenvalue weighted by Gasteiger charge is 2.29. The van der Waals surface area contributed by atoms with Gasteiger partial charge in [-0.05, 0) is 50.2 Å². The van der Waals surface area contributed by atoms with E-state index in [1.165, 1.54) is 0 Å². The number of carbonyl (C=O) groups excluding carboxylic acids is 1. The average Bonchev–Trinajstić information content (AvgIpc) is 2.77. The molecule has 0 atom stereocenters. The van der Waals surface area contributed by atoms with Crippen molar-refractivity contribution in [3.05, 3.63) is 33.2 Å². The predicted octanol–water partition coefficient (Wildman–Crippen LogP) is 2.07. The van der Waals surface area contributed by atoms with E-state index in [-0.39, 0.29) is 23.6 Å². The Bertz CT molecular complexity index is 628. The Morgan fingerprint density at radius 2 is 1.83 bits per heavy atom. The summed E-state index contributed by atoms with van der Waals surface area (Å²) in [4.78, 5) is 27.4. The van der Waals surface area contributed by atoms with Crippen molar-refractivity contribution in [1.29, 1.82) is 0 Å². The molecular weight excluding hydrogens is 292 g/mol. The standard InChI is InChI=1S/C18H26N2O3/c21-16(19-12-18(23)9-5-1-2-6-10-18)14-11-13-7-3-4-8-15(13)20-17(14)22/h11,23H,1-10,12H2,(H,19,21)(H,20,22). The van der Waals surface area contributed by atoms with Crippen LogP contribution in [0.3, 0.4) is 0 Å². The zero-order valence-electron chi connectivity index (χ0n) is 13.6. The van der Waals surface area contributed by atoms with Gasteiger partial charge in [-0.2, -0.15) is 0 Å². The summed E-state index contributed by atoms with van der Waals surface area (Å²) in [7, 11) is 0. The quantitative estimate of drug-likeness (QED) is 0.746. The highest BCUT2D eigenvalue weighted by atomic mass is 16.3. The van der Waals surface area contributed by atoms with Crippen LogP contribution in [-0.4, -0.2) is 28.1 Å². The van der Waals surface area contributed by atoms with Gasteiger partial charge in [-0.15, -0.1) is 0 Å². The third kappa shape index (κ3) is 3.83. The fourth-order valence-corrected chi connectivity index (χ4v) is 3.75. The third-order valence-corrected chi connectivity index (χ3v) is 5.20. The maximum absolute atomic E-state index is 12.4. The second kappa shape index (κ2) is 6.87. The summed E-state index contributed by atoms with van der Waals surface area (Å²) < 4.78 is 0. The fraction of sp³-hybridized carbons (Fsp3) is 0.667. The smallest absolute Gasteiger partial charge is 0.261 e. The van der Waals surface area contributed by atoms with E-state index < -0.39 is 5.60 Å². The van der Waals surface area contributed by atoms with Gasteiger partial charge >= 0.3 is 0 Å². The Morgan fingerprint density at radius 3 is 2.57 bits per heavy atom. The lowest BCUT2D eigenvalue weighted by Gasteiger charge is -2.26. The maximum atomic E-state index is 12.4. The first-order valence-electron chi connectivity index (χ1n) is 8.83.